The Hall–Kier alpha value is -1.81. The van der Waals surface area contributed by atoms with E-state index in [-0.39, 0.29) is 5.97 Å². The summed E-state index contributed by atoms with van der Waals surface area (Å²) in [6, 6.07) is 8.21. The number of ether oxygens (including phenoxy) is 1. The molecular formula is C15H15NO2S. The van der Waals surface area contributed by atoms with E-state index < -0.39 is 0 Å². The van der Waals surface area contributed by atoms with Gasteiger partial charge in [0, 0.05) is 10.4 Å². The lowest BCUT2D eigenvalue weighted by molar-refractivity contribution is 0.0603. The third-order valence-corrected chi connectivity index (χ3v) is 4.69. The number of nitrogens with two attached hydrogens (primary N) is 1. The van der Waals surface area contributed by atoms with Gasteiger partial charge < -0.3 is 10.5 Å². The van der Waals surface area contributed by atoms with Gasteiger partial charge in [0.25, 0.3) is 0 Å². The van der Waals surface area contributed by atoms with Crippen LogP contribution in [0.2, 0.25) is 0 Å². The van der Waals surface area contributed by atoms with Gasteiger partial charge in [-0.1, -0.05) is 31.2 Å². The Balaban J connectivity index is 2.30. The summed E-state index contributed by atoms with van der Waals surface area (Å²) < 4.78 is 4.87. The molecule has 1 aromatic carbocycles. The van der Waals surface area contributed by atoms with E-state index in [1.165, 1.54) is 28.9 Å². The quantitative estimate of drug-likeness (QED) is 0.810. The van der Waals surface area contributed by atoms with Gasteiger partial charge in [0.2, 0.25) is 0 Å². The summed E-state index contributed by atoms with van der Waals surface area (Å²) in [7, 11) is 1.39. The maximum atomic E-state index is 12.0. The second-order valence-electron chi connectivity index (χ2n) is 4.82. The first kappa shape index (κ1) is 12.2. The lowest BCUT2D eigenvalue weighted by Crippen LogP contribution is -2.10. The van der Waals surface area contributed by atoms with Crippen LogP contribution in [0.5, 0.6) is 0 Å². The van der Waals surface area contributed by atoms with Gasteiger partial charge in [0.1, 0.15) is 10.6 Å². The van der Waals surface area contributed by atoms with Crippen molar-refractivity contribution in [1.82, 2.24) is 0 Å². The minimum Gasteiger partial charge on any atom is -0.465 e. The van der Waals surface area contributed by atoms with E-state index >= 15 is 0 Å². The van der Waals surface area contributed by atoms with Gasteiger partial charge in [-0.2, -0.15) is 0 Å². The molecule has 2 aromatic rings. The van der Waals surface area contributed by atoms with E-state index in [9.17, 15) is 4.79 Å². The zero-order valence-corrected chi connectivity index (χ0v) is 11.7. The molecule has 1 atom stereocenters. The van der Waals surface area contributed by atoms with Crippen molar-refractivity contribution in [3.8, 4) is 11.1 Å². The molecule has 0 radical (unpaired) electrons. The number of rotatable bonds is 1. The minimum atomic E-state index is -0.348. The normalized spacial score (nSPS) is 16.6. The molecule has 4 heteroatoms. The van der Waals surface area contributed by atoms with Crippen LogP contribution in [0.1, 0.15) is 33.6 Å². The van der Waals surface area contributed by atoms with Crippen molar-refractivity contribution < 1.29 is 9.53 Å². The molecule has 0 saturated carbocycles. The third kappa shape index (κ3) is 1.75. The topological polar surface area (TPSA) is 52.3 Å². The summed E-state index contributed by atoms with van der Waals surface area (Å²) in [5, 5.41) is 0.556. The van der Waals surface area contributed by atoms with Crippen molar-refractivity contribution in [2.24, 2.45) is 0 Å². The number of anilines is 1. The molecule has 19 heavy (non-hydrogen) atoms. The molecule has 3 rings (SSSR count). The number of thiophene rings is 1. The smallest absolute Gasteiger partial charge is 0.341 e. The van der Waals surface area contributed by atoms with Crippen LogP contribution in [0, 0.1) is 0 Å². The van der Waals surface area contributed by atoms with Gasteiger partial charge in [-0.25, -0.2) is 4.79 Å². The lowest BCUT2D eigenvalue weighted by Gasteiger charge is -2.23. The molecule has 1 unspecified atom stereocenters. The molecule has 0 saturated heterocycles. The summed E-state index contributed by atoms with van der Waals surface area (Å²) >= 11 is 1.50. The summed E-state index contributed by atoms with van der Waals surface area (Å²) in [5.41, 5.74) is 9.91. The summed E-state index contributed by atoms with van der Waals surface area (Å²) in [6.45, 7) is 2.20. The Kier molecular flexibility index (Phi) is 2.82. The first-order valence-electron chi connectivity index (χ1n) is 6.22. The first-order chi connectivity index (χ1) is 9.13. The van der Waals surface area contributed by atoms with E-state index in [0.717, 1.165) is 17.5 Å². The number of nitrogen functional groups attached to an aromatic ring is 1. The van der Waals surface area contributed by atoms with E-state index in [0.29, 0.717) is 16.5 Å². The monoisotopic (exact) mass is 273 g/mol. The Labute approximate surface area is 116 Å². The summed E-state index contributed by atoms with van der Waals surface area (Å²) in [5.74, 6) is 0.103. The zero-order chi connectivity index (χ0) is 13.6. The number of benzene rings is 1. The van der Waals surface area contributed by atoms with Crippen LogP contribution in [-0.2, 0) is 11.2 Å². The molecule has 98 valence electrons. The largest absolute Gasteiger partial charge is 0.465 e. The average Bonchev–Trinajstić information content (AvgIpc) is 2.74. The predicted octanol–water partition coefficient (Wildman–Crippen LogP) is 3.44. The number of esters is 1. The number of fused-ring (bicyclic) bond motifs is 3. The Morgan fingerprint density at radius 2 is 2.16 bits per heavy atom. The Morgan fingerprint density at radius 3 is 2.89 bits per heavy atom. The maximum Gasteiger partial charge on any atom is 0.341 e. The van der Waals surface area contributed by atoms with Crippen LogP contribution in [0.3, 0.4) is 0 Å². The van der Waals surface area contributed by atoms with Crippen LogP contribution < -0.4 is 5.73 Å². The summed E-state index contributed by atoms with van der Waals surface area (Å²) in [4.78, 5) is 13.1. The number of carbonyl (C=O) groups is 1. The van der Waals surface area contributed by atoms with Crippen LogP contribution in [-0.4, -0.2) is 13.1 Å². The van der Waals surface area contributed by atoms with Crippen LogP contribution in [0.25, 0.3) is 11.1 Å². The van der Waals surface area contributed by atoms with Crippen molar-refractivity contribution in [2.45, 2.75) is 19.3 Å². The molecule has 1 heterocycles. The highest BCUT2D eigenvalue weighted by Gasteiger charge is 2.30. The first-order valence-corrected chi connectivity index (χ1v) is 7.04. The molecule has 1 aliphatic rings. The number of carbonyl (C=O) groups excluding carboxylic acids is 1. The van der Waals surface area contributed by atoms with Gasteiger partial charge in [-0.15, -0.1) is 11.3 Å². The molecule has 0 amide bonds. The second kappa shape index (κ2) is 4.38. The second-order valence-corrected chi connectivity index (χ2v) is 5.96. The van der Waals surface area contributed by atoms with Gasteiger partial charge in [-0.3, -0.25) is 0 Å². The van der Waals surface area contributed by atoms with Crippen LogP contribution in [0.15, 0.2) is 24.3 Å². The van der Waals surface area contributed by atoms with Crippen LogP contribution >= 0.6 is 11.3 Å². The van der Waals surface area contributed by atoms with Crippen molar-refractivity contribution in [2.75, 3.05) is 12.8 Å². The average molecular weight is 273 g/mol. The molecular weight excluding hydrogens is 258 g/mol. The lowest BCUT2D eigenvalue weighted by atomic mass is 9.82. The standard InChI is InChI=1S/C15H15NO2S/c1-8-7-11-12(10-6-4-3-5-9(8)10)13(14(16)19-11)15(17)18-2/h3-6,8H,7,16H2,1-2H3. The van der Waals surface area contributed by atoms with Crippen molar-refractivity contribution >= 4 is 22.3 Å². The van der Waals surface area contributed by atoms with E-state index in [2.05, 4.69) is 19.1 Å². The van der Waals surface area contributed by atoms with Crippen molar-refractivity contribution in [3.05, 3.63) is 40.3 Å². The highest BCUT2D eigenvalue weighted by atomic mass is 32.1. The number of hydrogen-bond donors (Lipinski definition) is 1. The van der Waals surface area contributed by atoms with E-state index in [1.54, 1.807) is 0 Å². The molecule has 1 aliphatic carbocycles. The molecule has 0 aliphatic heterocycles. The SMILES string of the molecule is COC(=O)c1c(N)sc2c1-c1ccccc1C(C)C2. The molecule has 1 aromatic heterocycles. The Bertz CT molecular complexity index is 660. The molecule has 0 fully saturated rings. The molecule has 0 spiro atoms. The molecule has 2 N–H and O–H groups in total. The number of hydrogen-bond acceptors (Lipinski definition) is 4. The predicted molar refractivity (Wildman–Crippen MR) is 77.6 cm³/mol. The van der Waals surface area contributed by atoms with Gasteiger partial charge >= 0.3 is 5.97 Å². The third-order valence-electron chi connectivity index (χ3n) is 3.65. The fraction of sp³-hybridized carbons (Fsp3) is 0.267. The van der Waals surface area contributed by atoms with Gasteiger partial charge in [0.05, 0.1) is 7.11 Å². The highest BCUT2D eigenvalue weighted by Crippen LogP contribution is 2.47. The van der Waals surface area contributed by atoms with Crippen LogP contribution in [0.4, 0.5) is 5.00 Å². The zero-order valence-electron chi connectivity index (χ0n) is 10.9. The van der Waals surface area contributed by atoms with Crippen molar-refractivity contribution in [3.63, 3.8) is 0 Å². The minimum absolute atomic E-state index is 0.348. The summed E-state index contributed by atoms with van der Waals surface area (Å²) in [6.07, 6.45) is 0.929. The van der Waals surface area contributed by atoms with Gasteiger partial charge in [0.15, 0.2) is 0 Å². The fourth-order valence-corrected chi connectivity index (χ4v) is 3.97. The van der Waals surface area contributed by atoms with Crippen molar-refractivity contribution in [1.29, 1.82) is 0 Å². The highest BCUT2D eigenvalue weighted by molar-refractivity contribution is 7.17. The van der Waals surface area contributed by atoms with E-state index in [1.807, 2.05) is 12.1 Å². The van der Waals surface area contributed by atoms with E-state index in [4.69, 9.17) is 10.5 Å². The molecule has 0 bridgehead atoms. The van der Waals surface area contributed by atoms with Gasteiger partial charge in [-0.05, 0) is 23.5 Å². The Morgan fingerprint density at radius 1 is 1.42 bits per heavy atom. The fourth-order valence-electron chi connectivity index (χ4n) is 2.77. The number of methoxy groups -OCH3 is 1. The molecule has 3 nitrogen and oxygen atoms in total. The maximum absolute atomic E-state index is 12.0.